The fraction of sp³-hybridized carbons (Fsp3) is 0.188. The van der Waals surface area contributed by atoms with E-state index in [1.807, 2.05) is 44.2 Å². The maximum Gasteiger partial charge on any atom is 0.213 e. The van der Waals surface area contributed by atoms with E-state index in [1.165, 1.54) is 6.33 Å². The van der Waals surface area contributed by atoms with Crippen molar-refractivity contribution in [2.24, 2.45) is 0 Å². The summed E-state index contributed by atoms with van der Waals surface area (Å²) in [5.41, 5.74) is 3.01. The molecule has 0 unspecified atom stereocenters. The highest BCUT2D eigenvalue weighted by atomic mass is 16.4. The Morgan fingerprint density at radius 2 is 1.96 bits per heavy atom. The van der Waals surface area contributed by atoms with Gasteiger partial charge in [-0.2, -0.15) is 4.68 Å². The molecule has 0 aliphatic heterocycles. The highest BCUT2D eigenvalue weighted by Gasteiger charge is 2.13. The number of hydrogen-bond acceptors (Lipinski definition) is 7. The molecule has 0 atom stereocenters. The van der Waals surface area contributed by atoms with E-state index < -0.39 is 0 Å². The smallest absolute Gasteiger partial charge is 0.213 e. The molecule has 0 radical (unpaired) electrons. The first-order valence-electron chi connectivity index (χ1n) is 7.51. The van der Waals surface area contributed by atoms with Crippen LogP contribution in [0.1, 0.15) is 17.3 Å². The third kappa shape index (κ3) is 2.47. The van der Waals surface area contributed by atoms with Crippen LogP contribution in [0.5, 0.6) is 0 Å². The van der Waals surface area contributed by atoms with Gasteiger partial charge in [0.15, 0.2) is 17.0 Å². The van der Waals surface area contributed by atoms with Crippen LogP contribution >= 0.6 is 0 Å². The quantitative estimate of drug-likeness (QED) is 0.617. The fourth-order valence-corrected chi connectivity index (χ4v) is 2.39. The Morgan fingerprint density at radius 1 is 1.12 bits per heavy atom. The van der Waals surface area contributed by atoms with Crippen molar-refractivity contribution in [3.05, 3.63) is 54.0 Å². The largest absolute Gasteiger partial charge is 0.444 e. The van der Waals surface area contributed by atoms with E-state index in [9.17, 15) is 0 Å². The SMILES string of the molecule is Cc1nc(CNc2ncnc3c2nnn3-c2ccccc2)oc1C. The zero-order valence-electron chi connectivity index (χ0n) is 13.3. The summed E-state index contributed by atoms with van der Waals surface area (Å²) in [5.74, 6) is 2.01. The number of hydrogen-bond donors (Lipinski definition) is 1. The number of nitrogens with one attached hydrogen (secondary N) is 1. The molecule has 0 aliphatic carbocycles. The molecule has 1 aromatic carbocycles. The van der Waals surface area contributed by atoms with Gasteiger partial charge < -0.3 is 9.73 Å². The van der Waals surface area contributed by atoms with Crippen molar-refractivity contribution >= 4 is 17.0 Å². The average Bonchev–Trinajstić information content (AvgIpc) is 3.18. The van der Waals surface area contributed by atoms with Crippen molar-refractivity contribution in [2.75, 3.05) is 5.32 Å². The topological polar surface area (TPSA) is 94.5 Å². The first kappa shape index (κ1) is 14.3. The van der Waals surface area contributed by atoms with Crippen LogP contribution in [-0.2, 0) is 6.54 Å². The highest BCUT2D eigenvalue weighted by Crippen LogP contribution is 2.20. The Kier molecular flexibility index (Phi) is 3.42. The van der Waals surface area contributed by atoms with E-state index in [0.717, 1.165) is 17.1 Å². The molecule has 120 valence electrons. The first-order valence-corrected chi connectivity index (χ1v) is 7.51. The number of rotatable bonds is 4. The number of aryl methyl sites for hydroxylation is 2. The van der Waals surface area contributed by atoms with Crippen LogP contribution in [0.15, 0.2) is 41.1 Å². The highest BCUT2D eigenvalue weighted by molar-refractivity contribution is 5.82. The van der Waals surface area contributed by atoms with Gasteiger partial charge >= 0.3 is 0 Å². The lowest BCUT2D eigenvalue weighted by atomic mass is 10.3. The van der Waals surface area contributed by atoms with Crippen molar-refractivity contribution in [1.29, 1.82) is 0 Å². The van der Waals surface area contributed by atoms with Crippen LogP contribution in [0.3, 0.4) is 0 Å². The van der Waals surface area contributed by atoms with Crippen molar-refractivity contribution in [3.8, 4) is 5.69 Å². The van der Waals surface area contributed by atoms with Crippen LogP contribution in [-0.4, -0.2) is 29.9 Å². The molecular formula is C16H15N7O. The minimum absolute atomic E-state index is 0.416. The summed E-state index contributed by atoms with van der Waals surface area (Å²) >= 11 is 0. The van der Waals surface area contributed by atoms with Crippen molar-refractivity contribution < 1.29 is 4.42 Å². The Hall–Kier alpha value is -3.29. The maximum atomic E-state index is 5.56. The minimum atomic E-state index is 0.416. The van der Waals surface area contributed by atoms with Crippen LogP contribution in [0.2, 0.25) is 0 Å². The number of nitrogens with zero attached hydrogens (tertiary/aromatic N) is 6. The first-order chi connectivity index (χ1) is 11.7. The monoisotopic (exact) mass is 321 g/mol. The molecule has 0 fully saturated rings. The van der Waals surface area contributed by atoms with Gasteiger partial charge in [-0.3, -0.25) is 0 Å². The van der Waals surface area contributed by atoms with Crippen molar-refractivity contribution in [3.63, 3.8) is 0 Å². The summed E-state index contributed by atoms with van der Waals surface area (Å²) in [5, 5.41) is 11.6. The van der Waals surface area contributed by atoms with E-state index in [4.69, 9.17) is 4.42 Å². The van der Waals surface area contributed by atoms with Crippen LogP contribution in [0, 0.1) is 13.8 Å². The molecule has 0 saturated carbocycles. The molecule has 1 N–H and O–H groups in total. The second-order valence-electron chi connectivity index (χ2n) is 5.33. The van der Waals surface area contributed by atoms with Crippen LogP contribution < -0.4 is 5.32 Å². The van der Waals surface area contributed by atoms with Crippen molar-refractivity contribution in [1.82, 2.24) is 29.9 Å². The summed E-state index contributed by atoms with van der Waals surface area (Å²) < 4.78 is 7.25. The molecule has 0 aliphatic rings. The van der Waals surface area contributed by atoms with Gasteiger partial charge in [0.1, 0.15) is 12.1 Å². The Labute approximate surface area is 137 Å². The molecule has 3 aromatic heterocycles. The maximum absolute atomic E-state index is 5.56. The number of benzene rings is 1. The third-order valence-electron chi connectivity index (χ3n) is 3.72. The number of fused-ring (bicyclic) bond motifs is 1. The number of oxazole rings is 1. The van der Waals surface area contributed by atoms with E-state index in [-0.39, 0.29) is 0 Å². The number of para-hydroxylation sites is 1. The molecular weight excluding hydrogens is 306 g/mol. The molecule has 8 heteroatoms. The lowest BCUT2D eigenvalue weighted by molar-refractivity contribution is 0.478. The van der Waals surface area contributed by atoms with Gasteiger partial charge in [0.05, 0.1) is 17.9 Å². The number of anilines is 1. The molecule has 0 spiro atoms. The zero-order chi connectivity index (χ0) is 16.5. The minimum Gasteiger partial charge on any atom is -0.444 e. The molecule has 4 aromatic rings. The average molecular weight is 321 g/mol. The second-order valence-corrected chi connectivity index (χ2v) is 5.33. The fourth-order valence-electron chi connectivity index (χ4n) is 2.39. The molecule has 4 rings (SSSR count). The molecule has 0 bridgehead atoms. The van der Waals surface area contributed by atoms with Crippen molar-refractivity contribution in [2.45, 2.75) is 20.4 Å². The molecule has 3 heterocycles. The summed E-state index contributed by atoms with van der Waals surface area (Å²) in [6, 6.07) is 9.72. The second kappa shape index (κ2) is 5.73. The van der Waals surface area contributed by atoms with E-state index in [1.54, 1.807) is 4.68 Å². The van der Waals surface area contributed by atoms with Crippen LogP contribution in [0.4, 0.5) is 5.82 Å². The summed E-state index contributed by atoms with van der Waals surface area (Å²) in [6.07, 6.45) is 1.49. The summed E-state index contributed by atoms with van der Waals surface area (Å²) in [7, 11) is 0. The van der Waals surface area contributed by atoms with Gasteiger partial charge in [-0.25, -0.2) is 15.0 Å². The summed E-state index contributed by atoms with van der Waals surface area (Å²) in [6.45, 7) is 4.22. The zero-order valence-corrected chi connectivity index (χ0v) is 13.3. The van der Waals surface area contributed by atoms with Gasteiger partial charge in [0.25, 0.3) is 0 Å². The Balaban J connectivity index is 1.66. The predicted molar refractivity (Wildman–Crippen MR) is 87.8 cm³/mol. The van der Waals surface area contributed by atoms with Gasteiger partial charge in [0, 0.05) is 0 Å². The standard InChI is InChI=1S/C16H15N7O/c1-10-11(2)24-13(20-10)8-17-15-14-16(19-9-18-15)23(22-21-14)12-6-4-3-5-7-12/h3-7,9H,8H2,1-2H3,(H,17,18,19). The van der Waals surface area contributed by atoms with Gasteiger partial charge in [0.2, 0.25) is 5.89 Å². The third-order valence-corrected chi connectivity index (χ3v) is 3.72. The lowest BCUT2D eigenvalue weighted by Crippen LogP contribution is -2.03. The van der Waals surface area contributed by atoms with E-state index in [0.29, 0.717) is 29.4 Å². The lowest BCUT2D eigenvalue weighted by Gasteiger charge is -2.03. The Morgan fingerprint density at radius 3 is 2.71 bits per heavy atom. The molecule has 24 heavy (non-hydrogen) atoms. The van der Waals surface area contributed by atoms with Crippen LogP contribution in [0.25, 0.3) is 16.9 Å². The van der Waals surface area contributed by atoms with Gasteiger partial charge in [-0.15, -0.1) is 5.10 Å². The van der Waals surface area contributed by atoms with Gasteiger partial charge in [-0.1, -0.05) is 23.4 Å². The predicted octanol–water partition coefficient (Wildman–Crippen LogP) is 2.43. The molecule has 0 saturated heterocycles. The normalized spacial score (nSPS) is 11.1. The number of aromatic nitrogens is 6. The molecule has 8 nitrogen and oxygen atoms in total. The van der Waals surface area contributed by atoms with Gasteiger partial charge in [-0.05, 0) is 26.0 Å². The van der Waals surface area contributed by atoms with E-state index >= 15 is 0 Å². The molecule has 0 amide bonds. The Bertz CT molecular complexity index is 971. The summed E-state index contributed by atoms with van der Waals surface area (Å²) in [4.78, 5) is 12.9. The van der Waals surface area contributed by atoms with E-state index in [2.05, 4.69) is 30.6 Å².